The van der Waals surface area contributed by atoms with Gasteiger partial charge in [0, 0.05) is 24.9 Å². The van der Waals surface area contributed by atoms with E-state index in [9.17, 15) is 9.59 Å². The number of fused-ring (bicyclic) bond motifs is 1. The lowest BCUT2D eigenvalue weighted by atomic mass is 10.2. The highest BCUT2D eigenvalue weighted by molar-refractivity contribution is 6.04. The number of aromatic amines is 1. The molecule has 2 heterocycles. The number of benzene rings is 1. The van der Waals surface area contributed by atoms with Crippen molar-refractivity contribution >= 4 is 22.7 Å². The van der Waals surface area contributed by atoms with Crippen molar-refractivity contribution in [1.29, 1.82) is 0 Å². The SMILES string of the molecule is Cc1nc2cc(NC(=O)c3ccc(=O)[nH]c3)ccc2o1. The van der Waals surface area contributed by atoms with Gasteiger partial charge in [-0.25, -0.2) is 4.98 Å². The third-order valence-corrected chi connectivity index (χ3v) is 2.80. The summed E-state index contributed by atoms with van der Waals surface area (Å²) in [5.41, 5.74) is 2.09. The van der Waals surface area contributed by atoms with E-state index in [4.69, 9.17) is 4.42 Å². The number of hydrogen-bond acceptors (Lipinski definition) is 4. The predicted molar refractivity (Wildman–Crippen MR) is 73.8 cm³/mol. The first-order valence-electron chi connectivity index (χ1n) is 5.99. The quantitative estimate of drug-likeness (QED) is 0.745. The van der Waals surface area contributed by atoms with Crippen LogP contribution < -0.4 is 10.9 Å². The summed E-state index contributed by atoms with van der Waals surface area (Å²) in [5, 5.41) is 2.74. The number of aryl methyl sites for hydroxylation is 1. The first-order valence-corrected chi connectivity index (χ1v) is 5.99. The molecule has 1 amide bonds. The van der Waals surface area contributed by atoms with Crippen molar-refractivity contribution in [3.05, 3.63) is 58.3 Å². The Bertz CT molecular complexity index is 828. The van der Waals surface area contributed by atoms with Gasteiger partial charge >= 0.3 is 0 Å². The van der Waals surface area contributed by atoms with Crippen LogP contribution in [0.4, 0.5) is 5.69 Å². The molecule has 20 heavy (non-hydrogen) atoms. The standard InChI is InChI=1S/C14H11N3O3/c1-8-16-11-6-10(3-4-12(11)20-8)17-14(19)9-2-5-13(18)15-7-9/h2-7H,1H3,(H,15,18)(H,17,19). The molecule has 0 bridgehead atoms. The molecule has 0 saturated heterocycles. The third-order valence-electron chi connectivity index (χ3n) is 2.80. The second kappa shape index (κ2) is 4.65. The summed E-state index contributed by atoms with van der Waals surface area (Å²) in [6.45, 7) is 1.76. The molecule has 0 aliphatic carbocycles. The fourth-order valence-corrected chi connectivity index (χ4v) is 1.88. The summed E-state index contributed by atoms with van der Waals surface area (Å²) >= 11 is 0. The molecule has 0 spiro atoms. The van der Waals surface area contributed by atoms with E-state index in [0.717, 1.165) is 0 Å². The Morgan fingerprint density at radius 2 is 2.15 bits per heavy atom. The Labute approximate surface area is 113 Å². The van der Waals surface area contributed by atoms with Crippen LogP contribution in [0.15, 0.2) is 45.7 Å². The Hall–Kier alpha value is -2.89. The number of hydrogen-bond donors (Lipinski definition) is 2. The normalized spacial score (nSPS) is 10.7. The Morgan fingerprint density at radius 3 is 2.90 bits per heavy atom. The molecule has 0 unspecified atom stereocenters. The lowest BCUT2D eigenvalue weighted by Crippen LogP contribution is -2.14. The zero-order chi connectivity index (χ0) is 14.1. The summed E-state index contributed by atoms with van der Waals surface area (Å²) in [5.74, 6) is 0.268. The van der Waals surface area contributed by atoms with Gasteiger partial charge < -0.3 is 14.7 Å². The lowest BCUT2D eigenvalue weighted by Gasteiger charge is -2.04. The molecule has 0 aliphatic rings. The van der Waals surface area contributed by atoms with E-state index in [0.29, 0.717) is 28.2 Å². The van der Waals surface area contributed by atoms with Crippen LogP contribution in [-0.2, 0) is 0 Å². The second-order valence-electron chi connectivity index (χ2n) is 4.31. The van der Waals surface area contributed by atoms with Gasteiger partial charge in [-0.2, -0.15) is 0 Å². The van der Waals surface area contributed by atoms with Crippen molar-refractivity contribution in [3.8, 4) is 0 Å². The van der Waals surface area contributed by atoms with Crippen molar-refractivity contribution in [2.45, 2.75) is 6.92 Å². The second-order valence-corrected chi connectivity index (χ2v) is 4.31. The van der Waals surface area contributed by atoms with E-state index in [1.54, 1.807) is 25.1 Å². The summed E-state index contributed by atoms with van der Waals surface area (Å²) in [4.78, 5) is 29.6. The molecule has 6 heteroatoms. The minimum Gasteiger partial charge on any atom is -0.441 e. The Kier molecular flexibility index (Phi) is 2.83. The minimum absolute atomic E-state index is 0.249. The van der Waals surface area contributed by atoms with Gasteiger partial charge in [-0.15, -0.1) is 0 Å². The van der Waals surface area contributed by atoms with E-state index in [-0.39, 0.29) is 11.5 Å². The molecule has 0 saturated carbocycles. The summed E-state index contributed by atoms with van der Waals surface area (Å²) < 4.78 is 5.36. The van der Waals surface area contributed by atoms with Crippen molar-refractivity contribution in [3.63, 3.8) is 0 Å². The fourth-order valence-electron chi connectivity index (χ4n) is 1.88. The van der Waals surface area contributed by atoms with Crippen LogP contribution in [0.2, 0.25) is 0 Å². The number of nitrogens with zero attached hydrogens (tertiary/aromatic N) is 1. The predicted octanol–water partition coefficient (Wildman–Crippen LogP) is 2.08. The molecular weight excluding hydrogens is 258 g/mol. The van der Waals surface area contributed by atoms with Gasteiger partial charge in [-0.05, 0) is 24.3 Å². The minimum atomic E-state index is -0.305. The topological polar surface area (TPSA) is 88.0 Å². The largest absolute Gasteiger partial charge is 0.441 e. The van der Waals surface area contributed by atoms with Crippen LogP contribution in [0.3, 0.4) is 0 Å². The maximum absolute atomic E-state index is 12.0. The number of carbonyl (C=O) groups is 1. The molecule has 100 valence electrons. The molecule has 0 fully saturated rings. The Balaban J connectivity index is 1.86. The average molecular weight is 269 g/mol. The molecule has 2 N–H and O–H groups in total. The van der Waals surface area contributed by atoms with Crippen LogP contribution in [0.1, 0.15) is 16.2 Å². The number of amides is 1. The number of nitrogens with one attached hydrogen (secondary N) is 2. The number of H-pyrrole nitrogens is 1. The molecule has 3 aromatic rings. The summed E-state index contributed by atoms with van der Waals surface area (Å²) in [7, 11) is 0. The maximum atomic E-state index is 12.0. The van der Waals surface area contributed by atoms with Crippen LogP contribution in [0.5, 0.6) is 0 Å². The molecule has 0 atom stereocenters. The van der Waals surface area contributed by atoms with Crippen molar-refractivity contribution < 1.29 is 9.21 Å². The fraction of sp³-hybridized carbons (Fsp3) is 0.0714. The van der Waals surface area contributed by atoms with Crippen molar-refractivity contribution in [2.24, 2.45) is 0 Å². The van der Waals surface area contributed by atoms with Gasteiger partial charge in [0.25, 0.3) is 5.91 Å². The van der Waals surface area contributed by atoms with Crippen LogP contribution in [0, 0.1) is 6.92 Å². The Morgan fingerprint density at radius 1 is 1.30 bits per heavy atom. The molecule has 0 radical (unpaired) electrons. The van der Waals surface area contributed by atoms with E-state index in [1.807, 2.05) is 0 Å². The highest BCUT2D eigenvalue weighted by Crippen LogP contribution is 2.20. The highest BCUT2D eigenvalue weighted by atomic mass is 16.3. The molecule has 1 aromatic carbocycles. The van der Waals surface area contributed by atoms with E-state index >= 15 is 0 Å². The summed E-state index contributed by atoms with van der Waals surface area (Å²) in [6, 6.07) is 7.98. The maximum Gasteiger partial charge on any atom is 0.257 e. The zero-order valence-corrected chi connectivity index (χ0v) is 10.6. The number of anilines is 1. The van der Waals surface area contributed by atoms with E-state index < -0.39 is 0 Å². The smallest absolute Gasteiger partial charge is 0.257 e. The van der Waals surface area contributed by atoms with E-state index in [1.165, 1.54) is 18.3 Å². The monoisotopic (exact) mass is 269 g/mol. The number of aromatic nitrogens is 2. The van der Waals surface area contributed by atoms with Gasteiger partial charge in [0.05, 0.1) is 5.56 Å². The van der Waals surface area contributed by atoms with E-state index in [2.05, 4.69) is 15.3 Å². The van der Waals surface area contributed by atoms with Gasteiger partial charge in [0.1, 0.15) is 5.52 Å². The van der Waals surface area contributed by atoms with Gasteiger partial charge in [0.15, 0.2) is 11.5 Å². The molecule has 3 rings (SSSR count). The highest BCUT2D eigenvalue weighted by Gasteiger charge is 2.08. The van der Waals surface area contributed by atoms with Crippen LogP contribution in [0.25, 0.3) is 11.1 Å². The van der Waals surface area contributed by atoms with Gasteiger partial charge in [0.2, 0.25) is 5.56 Å². The molecular formula is C14H11N3O3. The number of rotatable bonds is 2. The van der Waals surface area contributed by atoms with Crippen molar-refractivity contribution in [1.82, 2.24) is 9.97 Å². The zero-order valence-electron chi connectivity index (χ0n) is 10.6. The first kappa shape index (κ1) is 12.2. The van der Waals surface area contributed by atoms with Gasteiger partial charge in [-0.3, -0.25) is 9.59 Å². The lowest BCUT2D eigenvalue weighted by molar-refractivity contribution is 0.102. The number of carbonyl (C=O) groups excluding carboxylic acids is 1. The van der Waals surface area contributed by atoms with Crippen molar-refractivity contribution in [2.75, 3.05) is 5.32 Å². The van der Waals surface area contributed by atoms with Crippen LogP contribution in [-0.4, -0.2) is 15.9 Å². The number of pyridine rings is 1. The molecule has 6 nitrogen and oxygen atoms in total. The van der Waals surface area contributed by atoms with Crippen LogP contribution >= 0.6 is 0 Å². The third kappa shape index (κ3) is 2.31. The van der Waals surface area contributed by atoms with Gasteiger partial charge in [-0.1, -0.05) is 0 Å². The molecule has 0 aliphatic heterocycles. The first-order chi connectivity index (χ1) is 9.61. The average Bonchev–Trinajstić information content (AvgIpc) is 2.78. The molecule has 2 aromatic heterocycles. The summed E-state index contributed by atoms with van der Waals surface area (Å²) in [6.07, 6.45) is 1.37. The number of oxazole rings is 1.